The maximum absolute atomic E-state index is 4.73. The molecule has 3 nitrogen and oxygen atoms in total. The molecule has 2 aromatic rings. The fraction of sp³-hybridized carbons (Fsp3) is 0.588. The van der Waals surface area contributed by atoms with Crippen LogP contribution in [0.25, 0.3) is 0 Å². The molecule has 0 unspecified atom stereocenters. The maximum atomic E-state index is 4.73. The molecule has 0 saturated heterocycles. The van der Waals surface area contributed by atoms with Gasteiger partial charge in [-0.1, -0.05) is 32.8 Å². The SMILES string of the molecule is CC(C)(CNCc1ccn(C2CCCC2)n1)c1cccs1. The Balaban J connectivity index is 1.51. The van der Waals surface area contributed by atoms with Crippen LogP contribution in [-0.2, 0) is 12.0 Å². The summed E-state index contributed by atoms with van der Waals surface area (Å²) in [5, 5.41) is 10.4. The largest absolute Gasteiger partial charge is 0.310 e. The monoisotopic (exact) mass is 303 g/mol. The van der Waals surface area contributed by atoms with Crippen LogP contribution in [0.15, 0.2) is 29.8 Å². The van der Waals surface area contributed by atoms with Crippen molar-refractivity contribution in [2.24, 2.45) is 0 Å². The molecule has 0 amide bonds. The smallest absolute Gasteiger partial charge is 0.0762 e. The number of rotatable bonds is 6. The van der Waals surface area contributed by atoms with Crippen LogP contribution in [0.5, 0.6) is 0 Å². The van der Waals surface area contributed by atoms with Crippen LogP contribution in [0.1, 0.15) is 56.1 Å². The average molecular weight is 303 g/mol. The van der Waals surface area contributed by atoms with Crippen LogP contribution in [0.4, 0.5) is 0 Å². The third kappa shape index (κ3) is 3.55. The lowest BCUT2D eigenvalue weighted by atomic mass is 9.91. The second-order valence-corrected chi connectivity index (χ2v) is 7.64. The molecule has 114 valence electrons. The zero-order valence-electron chi connectivity index (χ0n) is 13.0. The van der Waals surface area contributed by atoms with E-state index in [9.17, 15) is 0 Å². The highest BCUT2D eigenvalue weighted by atomic mass is 32.1. The van der Waals surface area contributed by atoms with E-state index in [1.54, 1.807) is 0 Å². The van der Waals surface area contributed by atoms with Crippen molar-refractivity contribution < 1.29 is 0 Å². The molecule has 0 atom stereocenters. The van der Waals surface area contributed by atoms with Crippen LogP contribution < -0.4 is 5.32 Å². The highest BCUT2D eigenvalue weighted by molar-refractivity contribution is 7.10. The third-order valence-corrected chi connectivity index (χ3v) is 5.66. The van der Waals surface area contributed by atoms with E-state index in [-0.39, 0.29) is 5.41 Å². The Labute approximate surface area is 131 Å². The first kappa shape index (κ1) is 14.8. The fourth-order valence-corrected chi connectivity index (χ4v) is 3.95. The summed E-state index contributed by atoms with van der Waals surface area (Å²) < 4.78 is 2.18. The topological polar surface area (TPSA) is 29.9 Å². The van der Waals surface area contributed by atoms with E-state index in [2.05, 4.69) is 53.6 Å². The Hall–Kier alpha value is -1.13. The molecule has 1 aliphatic rings. The van der Waals surface area contributed by atoms with E-state index >= 15 is 0 Å². The predicted octanol–water partition coefficient (Wildman–Crippen LogP) is 4.13. The van der Waals surface area contributed by atoms with Gasteiger partial charge >= 0.3 is 0 Å². The van der Waals surface area contributed by atoms with Crippen molar-refractivity contribution in [3.8, 4) is 0 Å². The summed E-state index contributed by atoms with van der Waals surface area (Å²) in [5.41, 5.74) is 1.34. The summed E-state index contributed by atoms with van der Waals surface area (Å²) in [7, 11) is 0. The first-order valence-corrected chi connectivity index (χ1v) is 8.82. The van der Waals surface area contributed by atoms with E-state index in [1.807, 2.05) is 11.3 Å². The minimum absolute atomic E-state index is 0.183. The molecule has 1 fully saturated rings. The van der Waals surface area contributed by atoms with Gasteiger partial charge in [-0.15, -0.1) is 11.3 Å². The summed E-state index contributed by atoms with van der Waals surface area (Å²) in [6, 6.07) is 7.15. The summed E-state index contributed by atoms with van der Waals surface area (Å²) in [6.07, 6.45) is 7.44. The van der Waals surface area contributed by atoms with Gasteiger partial charge in [0.15, 0.2) is 0 Å². The molecule has 0 radical (unpaired) electrons. The van der Waals surface area contributed by atoms with Gasteiger partial charge in [0.25, 0.3) is 0 Å². The van der Waals surface area contributed by atoms with Gasteiger partial charge in [0.05, 0.1) is 11.7 Å². The number of nitrogens with one attached hydrogen (secondary N) is 1. The van der Waals surface area contributed by atoms with Gasteiger partial charge in [0.1, 0.15) is 0 Å². The normalized spacial score (nSPS) is 16.7. The van der Waals surface area contributed by atoms with Crippen molar-refractivity contribution in [1.82, 2.24) is 15.1 Å². The van der Waals surface area contributed by atoms with Crippen molar-refractivity contribution >= 4 is 11.3 Å². The molecule has 1 aliphatic carbocycles. The van der Waals surface area contributed by atoms with E-state index in [0.29, 0.717) is 6.04 Å². The number of hydrogen-bond acceptors (Lipinski definition) is 3. The molecular weight excluding hydrogens is 278 g/mol. The molecular formula is C17H25N3S. The molecule has 0 spiro atoms. The minimum atomic E-state index is 0.183. The van der Waals surface area contributed by atoms with E-state index < -0.39 is 0 Å². The summed E-state index contributed by atoms with van der Waals surface area (Å²) in [5.74, 6) is 0. The Morgan fingerprint density at radius 3 is 2.86 bits per heavy atom. The van der Waals surface area contributed by atoms with Crippen molar-refractivity contribution in [2.75, 3.05) is 6.54 Å². The van der Waals surface area contributed by atoms with Gasteiger partial charge in [-0.3, -0.25) is 4.68 Å². The lowest BCUT2D eigenvalue weighted by Gasteiger charge is -2.23. The van der Waals surface area contributed by atoms with Crippen LogP contribution in [0.2, 0.25) is 0 Å². The van der Waals surface area contributed by atoms with E-state index in [4.69, 9.17) is 5.10 Å². The van der Waals surface area contributed by atoms with Crippen molar-refractivity contribution in [3.05, 3.63) is 40.3 Å². The van der Waals surface area contributed by atoms with Gasteiger partial charge in [0.2, 0.25) is 0 Å². The maximum Gasteiger partial charge on any atom is 0.0762 e. The highest BCUT2D eigenvalue weighted by Crippen LogP contribution is 2.29. The number of thiophene rings is 1. The average Bonchev–Trinajstić information content (AvgIpc) is 3.20. The first-order chi connectivity index (χ1) is 10.1. The molecule has 0 bridgehead atoms. The molecule has 4 heteroatoms. The molecule has 1 N–H and O–H groups in total. The lowest BCUT2D eigenvalue weighted by Crippen LogP contribution is -2.32. The Kier molecular flexibility index (Phi) is 4.45. The summed E-state index contributed by atoms with van der Waals surface area (Å²) in [6.45, 7) is 6.42. The number of nitrogens with zero attached hydrogens (tertiary/aromatic N) is 2. The second kappa shape index (κ2) is 6.32. The summed E-state index contributed by atoms with van der Waals surface area (Å²) >= 11 is 1.84. The van der Waals surface area contributed by atoms with Crippen molar-refractivity contribution in [2.45, 2.75) is 57.5 Å². The van der Waals surface area contributed by atoms with Crippen LogP contribution >= 0.6 is 11.3 Å². The Bertz CT molecular complexity index is 550. The molecule has 3 rings (SSSR count). The molecule has 21 heavy (non-hydrogen) atoms. The van der Waals surface area contributed by atoms with Gasteiger partial charge < -0.3 is 5.32 Å². The van der Waals surface area contributed by atoms with Gasteiger partial charge in [0, 0.05) is 29.6 Å². The van der Waals surface area contributed by atoms with Crippen LogP contribution in [0, 0.1) is 0 Å². The molecule has 2 aromatic heterocycles. The van der Waals surface area contributed by atoms with E-state index in [1.165, 1.54) is 30.6 Å². The summed E-state index contributed by atoms with van der Waals surface area (Å²) in [4.78, 5) is 1.44. The highest BCUT2D eigenvalue weighted by Gasteiger charge is 2.21. The zero-order chi connectivity index (χ0) is 14.7. The molecule has 0 aromatic carbocycles. The Morgan fingerprint density at radius 1 is 1.33 bits per heavy atom. The fourth-order valence-electron chi connectivity index (χ4n) is 3.10. The van der Waals surface area contributed by atoms with Gasteiger partial charge in [-0.25, -0.2) is 0 Å². The van der Waals surface area contributed by atoms with E-state index in [0.717, 1.165) is 18.8 Å². The lowest BCUT2D eigenvalue weighted by molar-refractivity contribution is 0.451. The first-order valence-electron chi connectivity index (χ1n) is 7.94. The third-order valence-electron chi connectivity index (χ3n) is 4.42. The van der Waals surface area contributed by atoms with Gasteiger partial charge in [-0.2, -0.15) is 5.10 Å². The van der Waals surface area contributed by atoms with Gasteiger partial charge in [-0.05, 0) is 30.4 Å². The molecule has 1 saturated carbocycles. The van der Waals surface area contributed by atoms with Crippen LogP contribution in [-0.4, -0.2) is 16.3 Å². The second-order valence-electron chi connectivity index (χ2n) is 6.69. The van der Waals surface area contributed by atoms with Crippen LogP contribution in [0.3, 0.4) is 0 Å². The number of hydrogen-bond donors (Lipinski definition) is 1. The van der Waals surface area contributed by atoms with Crippen molar-refractivity contribution in [1.29, 1.82) is 0 Å². The minimum Gasteiger partial charge on any atom is -0.310 e. The van der Waals surface area contributed by atoms with Crippen molar-refractivity contribution in [3.63, 3.8) is 0 Å². The standard InChI is InChI=1S/C17H25N3S/c1-17(2,16-8-5-11-21-16)13-18-12-14-9-10-20(19-14)15-6-3-4-7-15/h5,8-11,15,18H,3-4,6-7,12-13H2,1-2H3. The number of aromatic nitrogens is 2. The molecule has 0 aliphatic heterocycles. The molecule has 2 heterocycles. The Morgan fingerprint density at radius 2 is 2.14 bits per heavy atom. The quantitative estimate of drug-likeness (QED) is 0.869. The zero-order valence-corrected chi connectivity index (χ0v) is 13.8. The predicted molar refractivity (Wildman–Crippen MR) is 88.8 cm³/mol.